The first kappa shape index (κ1) is 14.1. The number of para-hydroxylation sites is 1. The fraction of sp³-hybridized carbons (Fsp3) is 0.111. The Morgan fingerprint density at radius 3 is 2.55 bits per heavy atom. The van der Waals surface area contributed by atoms with Gasteiger partial charge in [-0.2, -0.15) is 0 Å². The smallest absolute Gasteiger partial charge is 0.382 e. The molecule has 0 radical (unpaired) electrons. The van der Waals surface area contributed by atoms with E-state index in [2.05, 4.69) is 5.16 Å². The zero-order valence-corrected chi connectivity index (χ0v) is 12.2. The molecular formula is C18H15NO3. The zero-order valence-electron chi connectivity index (χ0n) is 12.2. The molecule has 0 amide bonds. The van der Waals surface area contributed by atoms with Crippen molar-refractivity contribution in [3.8, 4) is 5.75 Å². The molecule has 22 heavy (non-hydrogen) atoms. The highest BCUT2D eigenvalue weighted by atomic mass is 16.6. The van der Waals surface area contributed by atoms with Crippen molar-refractivity contribution in [3.63, 3.8) is 0 Å². The van der Waals surface area contributed by atoms with Crippen LogP contribution in [-0.2, 0) is 6.42 Å². The molecular weight excluding hydrogens is 278 g/mol. The number of esters is 1. The standard InChI is InChI=1S/C18H15NO3/c1-13-11-17(22-19-13)18(20)21-16-10-6-5-9-15(16)12-14-7-3-2-4-8-14/h2-11H,12H2,1H3. The van der Waals surface area contributed by atoms with Crippen LogP contribution in [0.25, 0.3) is 0 Å². The number of ether oxygens (including phenoxy) is 1. The number of aromatic nitrogens is 1. The van der Waals surface area contributed by atoms with E-state index in [-0.39, 0.29) is 5.76 Å². The van der Waals surface area contributed by atoms with Gasteiger partial charge in [0.2, 0.25) is 5.76 Å². The molecule has 3 rings (SSSR count). The molecule has 2 aromatic carbocycles. The van der Waals surface area contributed by atoms with Crippen LogP contribution in [0.1, 0.15) is 27.4 Å². The Labute approximate surface area is 128 Å². The van der Waals surface area contributed by atoms with Crippen molar-refractivity contribution in [1.82, 2.24) is 5.16 Å². The molecule has 3 aromatic rings. The zero-order chi connectivity index (χ0) is 15.4. The number of aryl methyl sites for hydroxylation is 1. The van der Waals surface area contributed by atoms with Gasteiger partial charge in [-0.3, -0.25) is 0 Å². The molecule has 0 atom stereocenters. The summed E-state index contributed by atoms with van der Waals surface area (Å²) in [7, 11) is 0. The molecule has 0 fully saturated rings. The predicted octanol–water partition coefficient (Wildman–Crippen LogP) is 3.79. The minimum absolute atomic E-state index is 0.104. The van der Waals surface area contributed by atoms with Gasteiger partial charge in [-0.25, -0.2) is 4.79 Å². The first-order valence-corrected chi connectivity index (χ1v) is 7.00. The molecule has 0 unspecified atom stereocenters. The first-order chi connectivity index (χ1) is 10.7. The fourth-order valence-electron chi connectivity index (χ4n) is 2.18. The van der Waals surface area contributed by atoms with Crippen LogP contribution in [0.4, 0.5) is 0 Å². The first-order valence-electron chi connectivity index (χ1n) is 7.00. The van der Waals surface area contributed by atoms with E-state index >= 15 is 0 Å². The van der Waals surface area contributed by atoms with Gasteiger partial charge in [0, 0.05) is 12.5 Å². The van der Waals surface area contributed by atoms with Crippen LogP contribution in [-0.4, -0.2) is 11.1 Å². The number of carbonyl (C=O) groups is 1. The van der Waals surface area contributed by atoms with Crippen molar-refractivity contribution < 1.29 is 14.1 Å². The summed E-state index contributed by atoms with van der Waals surface area (Å²) in [5.74, 6) is 0.0959. The Morgan fingerprint density at radius 2 is 1.82 bits per heavy atom. The molecule has 0 aliphatic heterocycles. The van der Waals surface area contributed by atoms with Gasteiger partial charge >= 0.3 is 5.97 Å². The largest absolute Gasteiger partial charge is 0.420 e. The van der Waals surface area contributed by atoms with Gasteiger partial charge in [0.25, 0.3) is 0 Å². The highest BCUT2D eigenvalue weighted by molar-refractivity contribution is 5.88. The van der Waals surface area contributed by atoms with Crippen LogP contribution in [0.15, 0.2) is 65.2 Å². The average molecular weight is 293 g/mol. The summed E-state index contributed by atoms with van der Waals surface area (Å²) in [6, 6.07) is 19.1. The Kier molecular flexibility index (Phi) is 4.01. The van der Waals surface area contributed by atoms with Gasteiger partial charge in [-0.1, -0.05) is 53.7 Å². The van der Waals surface area contributed by atoms with E-state index in [0.717, 1.165) is 11.1 Å². The predicted molar refractivity (Wildman–Crippen MR) is 81.9 cm³/mol. The maximum Gasteiger partial charge on any atom is 0.382 e. The molecule has 0 saturated carbocycles. The topological polar surface area (TPSA) is 52.3 Å². The molecule has 1 heterocycles. The van der Waals surface area contributed by atoms with Crippen LogP contribution in [0.2, 0.25) is 0 Å². The van der Waals surface area contributed by atoms with E-state index in [9.17, 15) is 4.79 Å². The second-order valence-electron chi connectivity index (χ2n) is 4.99. The minimum Gasteiger partial charge on any atom is -0.420 e. The summed E-state index contributed by atoms with van der Waals surface area (Å²) in [6.07, 6.45) is 0.694. The summed E-state index contributed by atoms with van der Waals surface area (Å²) in [5.41, 5.74) is 2.74. The lowest BCUT2D eigenvalue weighted by Crippen LogP contribution is -2.09. The lowest BCUT2D eigenvalue weighted by molar-refractivity contribution is 0.0689. The van der Waals surface area contributed by atoms with Gasteiger partial charge < -0.3 is 9.26 Å². The Hall–Kier alpha value is -2.88. The number of rotatable bonds is 4. The quantitative estimate of drug-likeness (QED) is 0.542. The highest BCUT2D eigenvalue weighted by Crippen LogP contribution is 2.22. The van der Waals surface area contributed by atoms with E-state index in [1.807, 2.05) is 48.5 Å². The minimum atomic E-state index is -0.541. The van der Waals surface area contributed by atoms with Gasteiger partial charge in [0.05, 0.1) is 5.69 Å². The van der Waals surface area contributed by atoms with Gasteiger partial charge in [-0.15, -0.1) is 0 Å². The molecule has 0 aliphatic carbocycles. The second-order valence-corrected chi connectivity index (χ2v) is 4.99. The van der Waals surface area contributed by atoms with Gasteiger partial charge in [-0.05, 0) is 24.1 Å². The Balaban J connectivity index is 1.81. The van der Waals surface area contributed by atoms with E-state index in [0.29, 0.717) is 17.9 Å². The highest BCUT2D eigenvalue weighted by Gasteiger charge is 2.16. The maximum atomic E-state index is 12.1. The molecule has 4 nitrogen and oxygen atoms in total. The summed E-state index contributed by atoms with van der Waals surface area (Å²) in [6.45, 7) is 1.75. The third-order valence-corrected chi connectivity index (χ3v) is 3.24. The van der Waals surface area contributed by atoms with E-state index in [4.69, 9.17) is 9.26 Å². The number of benzene rings is 2. The van der Waals surface area contributed by atoms with Gasteiger partial charge in [0.1, 0.15) is 5.75 Å². The molecule has 110 valence electrons. The van der Waals surface area contributed by atoms with Crippen LogP contribution < -0.4 is 4.74 Å². The summed E-state index contributed by atoms with van der Waals surface area (Å²) >= 11 is 0. The van der Waals surface area contributed by atoms with Crippen LogP contribution in [0.3, 0.4) is 0 Å². The molecule has 0 N–H and O–H groups in total. The van der Waals surface area contributed by atoms with E-state index in [1.54, 1.807) is 19.1 Å². The van der Waals surface area contributed by atoms with E-state index < -0.39 is 5.97 Å². The van der Waals surface area contributed by atoms with E-state index in [1.165, 1.54) is 0 Å². The summed E-state index contributed by atoms with van der Waals surface area (Å²) in [4.78, 5) is 12.1. The Bertz CT molecular complexity index is 778. The molecule has 0 saturated heterocycles. The van der Waals surface area contributed by atoms with Crippen molar-refractivity contribution >= 4 is 5.97 Å². The molecule has 0 spiro atoms. The van der Waals surface area contributed by atoms with Crippen LogP contribution in [0, 0.1) is 6.92 Å². The fourth-order valence-corrected chi connectivity index (χ4v) is 2.18. The normalized spacial score (nSPS) is 10.4. The number of hydrogen-bond donors (Lipinski definition) is 0. The lowest BCUT2D eigenvalue weighted by atomic mass is 10.0. The SMILES string of the molecule is Cc1cc(C(=O)Oc2ccccc2Cc2ccccc2)on1. The second kappa shape index (κ2) is 6.26. The van der Waals surface area contributed by atoms with Crippen LogP contribution in [0.5, 0.6) is 5.75 Å². The number of nitrogens with zero attached hydrogens (tertiary/aromatic N) is 1. The monoisotopic (exact) mass is 293 g/mol. The number of carbonyl (C=O) groups excluding carboxylic acids is 1. The Morgan fingerprint density at radius 1 is 1.09 bits per heavy atom. The van der Waals surface area contributed by atoms with Crippen molar-refractivity contribution in [2.45, 2.75) is 13.3 Å². The third kappa shape index (κ3) is 3.23. The van der Waals surface area contributed by atoms with Crippen molar-refractivity contribution in [2.24, 2.45) is 0 Å². The number of hydrogen-bond acceptors (Lipinski definition) is 4. The van der Waals surface area contributed by atoms with Crippen LogP contribution >= 0.6 is 0 Å². The third-order valence-electron chi connectivity index (χ3n) is 3.24. The van der Waals surface area contributed by atoms with Crippen molar-refractivity contribution in [1.29, 1.82) is 0 Å². The summed E-state index contributed by atoms with van der Waals surface area (Å²) < 4.78 is 10.4. The lowest BCUT2D eigenvalue weighted by Gasteiger charge is -2.09. The summed E-state index contributed by atoms with van der Waals surface area (Å²) in [5, 5.41) is 3.69. The molecule has 1 aromatic heterocycles. The van der Waals surface area contributed by atoms with Crippen molar-refractivity contribution in [2.75, 3.05) is 0 Å². The molecule has 0 bridgehead atoms. The molecule has 0 aliphatic rings. The van der Waals surface area contributed by atoms with Crippen molar-refractivity contribution in [3.05, 3.63) is 83.2 Å². The van der Waals surface area contributed by atoms with Gasteiger partial charge in [0.15, 0.2) is 0 Å². The average Bonchev–Trinajstić information content (AvgIpc) is 2.97. The maximum absolute atomic E-state index is 12.1. The molecule has 4 heteroatoms.